The first-order valence-corrected chi connectivity index (χ1v) is 8.60. The second kappa shape index (κ2) is 8.02. The van der Waals surface area contributed by atoms with Gasteiger partial charge in [0.15, 0.2) is 5.76 Å². The third kappa shape index (κ3) is 4.73. The number of aromatic nitrogens is 1. The van der Waals surface area contributed by atoms with Gasteiger partial charge in [-0.3, -0.25) is 0 Å². The number of nitrogens with one attached hydrogen (secondary N) is 2. The topological polar surface area (TPSA) is 79.6 Å². The minimum absolute atomic E-state index is 0.238. The number of benzene rings is 1. The van der Waals surface area contributed by atoms with Crippen LogP contribution in [0.5, 0.6) is 0 Å². The molecule has 2 N–H and O–H groups in total. The lowest BCUT2D eigenvalue weighted by Gasteiger charge is -2.33. The zero-order valence-corrected chi connectivity index (χ0v) is 14.6. The molecule has 1 fully saturated rings. The number of urea groups is 1. The van der Waals surface area contributed by atoms with E-state index in [1.54, 1.807) is 0 Å². The highest BCUT2D eigenvalue weighted by atomic mass is 16.5. The Labute approximate surface area is 147 Å². The number of amides is 2. The Bertz CT molecular complexity index is 699. The lowest BCUT2D eigenvalue weighted by atomic mass is 10.2. The number of rotatable bonds is 5. The van der Waals surface area contributed by atoms with Crippen LogP contribution < -0.4 is 15.5 Å². The number of anilines is 2. The van der Waals surface area contributed by atoms with Crippen molar-refractivity contribution in [2.75, 3.05) is 29.9 Å². The van der Waals surface area contributed by atoms with E-state index in [0.29, 0.717) is 12.3 Å². The predicted octanol–water partition coefficient (Wildman–Crippen LogP) is 2.78. The molecule has 2 amide bonds. The SMILES string of the molecule is CCc1cc(CNC(=O)Nc2ccc(N3CCOC(C)C3)cc2)on1. The number of nitrogens with zero attached hydrogens (tertiary/aromatic N) is 2. The summed E-state index contributed by atoms with van der Waals surface area (Å²) < 4.78 is 10.7. The van der Waals surface area contributed by atoms with Crippen LogP contribution in [0.3, 0.4) is 0 Å². The predicted molar refractivity (Wildman–Crippen MR) is 95.8 cm³/mol. The van der Waals surface area contributed by atoms with Crippen molar-refractivity contribution in [3.05, 3.63) is 41.8 Å². The van der Waals surface area contributed by atoms with Gasteiger partial charge in [-0.15, -0.1) is 0 Å². The molecule has 1 aliphatic heterocycles. The smallest absolute Gasteiger partial charge is 0.319 e. The summed E-state index contributed by atoms with van der Waals surface area (Å²) >= 11 is 0. The quantitative estimate of drug-likeness (QED) is 0.872. The summed E-state index contributed by atoms with van der Waals surface area (Å²) in [5.41, 5.74) is 2.76. The maximum absolute atomic E-state index is 12.0. The zero-order valence-electron chi connectivity index (χ0n) is 14.6. The fourth-order valence-electron chi connectivity index (χ4n) is 2.76. The molecule has 0 aliphatic carbocycles. The largest absolute Gasteiger partial charge is 0.375 e. The molecule has 134 valence electrons. The molecule has 1 atom stereocenters. The van der Waals surface area contributed by atoms with Gasteiger partial charge in [-0.2, -0.15) is 0 Å². The van der Waals surface area contributed by atoms with Crippen LogP contribution in [-0.4, -0.2) is 37.0 Å². The van der Waals surface area contributed by atoms with Crippen molar-refractivity contribution in [1.82, 2.24) is 10.5 Å². The highest BCUT2D eigenvalue weighted by molar-refractivity contribution is 5.89. The Morgan fingerprint density at radius 1 is 1.36 bits per heavy atom. The van der Waals surface area contributed by atoms with Gasteiger partial charge in [0.25, 0.3) is 0 Å². The van der Waals surface area contributed by atoms with Crippen LogP contribution in [0.25, 0.3) is 0 Å². The Kier molecular flexibility index (Phi) is 5.55. The number of morpholine rings is 1. The molecule has 1 saturated heterocycles. The molecule has 1 aliphatic rings. The lowest BCUT2D eigenvalue weighted by molar-refractivity contribution is 0.0532. The van der Waals surface area contributed by atoms with Gasteiger partial charge in [0.1, 0.15) is 0 Å². The monoisotopic (exact) mass is 344 g/mol. The van der Waals surface area contributed by atoms with E-state index in [9.17, 15) is 4.79 Å². The molecule has 1 unspecified atom stereocenters. The Balaban J connectivity index is 1.49. The van der Waals surface area contributed by atoms with Crippen LogP contribution in [0, 0.1) is 0 Å². The summed E-state index contributed by atoms with van der Waals surface area (Å²) in [5.74, 6) is 0.642. The molecule has 7 heteroatoms. The Hall–Kier alpha value is -2.54. The van der Waals surface area contributed by atoms with E-state index in [1.165, 1.54) is 0 Å². The number of hydrogen-bond acceptors (Lipinski definition) is 5. The van der Waals surface area contributed by atoms with E-state index in [0.717, 1.165) is 43.2 Å². The third-order valence-corrected chi connectivity index (χ3v) is 4.12. The van der Waals surface area contributed by atoms with Gasteiger partial charge >= 0.3 is 6.03 Å². The zero-order chi connectivity index (χ0) is 17.6. The molecule has 0 spiro atoms. The first-order chi connectivity index (χ1) is 12.1. The van der Waals surface area contributed by atoms with Gasteiger partial charge in [-0.25, -0.2) is 4.79 Å². The summed E-state index contributed by atoms with van der Waals surface area (Å²) in [4.78, 5) is 14.3. The van der Waals surface area contributed by atoms with Crippen molar-refractivity contribution < 1.29 is 14.1 Å². The average molecular weight is 344 g/mol. The van der Waals surface area contributed by atoms with E-state index in [2.05, 4.69) is 27.6 Å². The van der Waals surface area contributed by atoms with Crippen LogP contribution >= 0.6 is 0 Å². The Morgan fingerprint density at radius 2 is 2.16 bits per heavy atom. The van der Waals surface area contributed by atoms with Crippen LogP contribution in [0.1, 0.15) is 25.3 Å². The number of hydrogen-bond donors (Lipinski definition) is 2. The second-order valence-corrected chi connectivity index (χ2v) is 6.12. The summed E-state index contributed by atoms with van der Waals surface area (Å²) in [6.45, 7) is 6.89. The fourth-order valence-corrected chi connectivity index (χ4v) is 2.76. The highest BCUT2D eigenvalue weighted by Crippen LogP contribution is 2.20. The number of ether oxygens (including phenoxy) is 1. The summed E-state index contributed by atoms with van der Waals surface area (Å²) in [5, 5.41) is 9.47. The minimum Gasteiger partial charge on any atom is -0.375 e. The molecule has 0 bridgehead atoms. The van der Waals surface area contributed by atoms with E-state index in [-0.39, 0.29) is 12.1 Å². The second-order valence-electron chi connectivity index (χ2n) is 6.12. The number of aryl methyl sites for hydroxylation is 1. The van der Waals surface area contributed by atoms with Crippen LogP contribution in [-0.2, 0) is 17.7 Å². The molecule has 0 radical (unpaired) electrons. The number of carbonyl (C=O) groups is 1. The van der Waals surface area contributed by atoms with Crippen LogP contribution in [0.2, 0.25) is 0 Å². The van der Waals surface area contributed by atoms with Gasteiger partial charge in [0.2, 0.25) is 0 Å². The third-order valence-electron chi connectivity index (χ3n) is 4.12. The summed E-state index contributed by atoms with van der Waals surface area (Å²) in [6, 6.07) is 9.40. The maximum Gasteiger partial charge on any atom is 0.319 e. The van der Waals surface area contributed by atoms with Crippen molar-refractivity contribution in [2.24, 2.45) is 0 Å². The average Bonchev–Trinajstić information content (AvgIpc) is 3.09. The van der Waals surface area contributed by atoms with E-state index >= 15 is 0 Å². The van der Waals surface area contributed by atoms with Gasteiger partial charge < -0.3 is 24.8 Å². The molecule has 2 aromatic rings. The molecular weight excluding hydrogens is 320 g/mol. The van der Waals surface area contributed by atoms with E-state index < -0.39 is 0 Å². The normalized spacial score (nSPS) is 17.4. The lowest BCUT2D eigenvalue weighted by Crippen LogP contribution is -2.41. The van der Waals surface area contributed by atoms with E-state index in [1.807, 2.05) is 37.3 Å². The number of carbonyl (C=O) groups excluding carboxylic acids is 1. The Morgan fingerprint density at radius 3 is 2.84 bits per heavy atom. The maximum atomic E-state index is 12.0. The van der Waals surface area contributed by atoms with Crippen LogP contribution in [0.15, 0.2) is 34.9 Å². The summed E-state index contributed by atoms with van der Waals surface area (Å²) in [7, 11) is 0. The fraction of sp³-hybridized carbons (Fsp3) is 0.444. The molecule has 25 heavy (non-hydrogen) atoms. The molecular formula is C18H24N4O3. The van der Waals surface area contributed by atoms with Crippen molar-refractivity contribution in [3.63, 3.8) is 0 Å². The van der Waals surface area contributed by atoms with Gasteiger partial charge in [0, 0.05) is 30.5 Å². The van der Waals surface area contributed by atoms with Crippen molar-refractivity contribution in [2.45, 2.75) is 32.9 Å². The molecule has 7 nitrogen and oxygen atoms in total. The van der Waals surface area contributed by atoms with Gasteiger partial charge in [-0.05, 0) is 37.6 Å². The molecule has 2 heterocycles. The van der Waals surface area contributed by atoms with Gasteiger partial charge in [0.05, 0.1) is 24.9 Å². The standard InChI is InChI=1S/C18H24N4O3/c1-3-14-10-17(25-21-14)11-19-18(23)20-15-4-6-16(7-5-15)22-8-9-24-13(2)12-22/h4-7,10,13H,3,8-9,11-12H2,1-2H3,(H2,19,20,23). The first kappa shape index (κ1) is 17.3. The van der Waals surface area contributed by atoms with Crippen molar-refractivity contribution in [1.29, 1.82) is 0 Å². The van der Waals surface area contributed by atoms with Gasteiger partial charge in [-0.1, -0.05) is 12.1 Å². The first-order valence-electron chi connectivity index (χ1n) is 8.60. The van der Waals surface area contributed by atoms with Crippen LogP contribution in [0.4, 0.5) is 16.2 Å². The van der Waals surface area contributed by atoms with E-state index in [4.69, 9.17) is 9.26 Å². The molecule has 1 aromatic heterocycles. The summed E-state index contributed by atoms with van der Waals surface area (Å²) in [6.07, 6.45) is 1.05. The van der Waals surface area contributed by atoms with Crippen molar-refractivity contribution >= 4 is 17.4 Å². The molecule has 3 rings (SSSR count). The minimum atomic E-state index is -0.276. The molecule has 1 aromatic carbocycles. The van der Waals surface area contributed by atoms with Crippen molar-refractivity contribution in [3.8, 4) is 0 Å². The highest BCUT2D eigenvalue weighted by Gasteiger charge is 2.16. The molecule has 0 saturated carbocycles.